The Balaban J connectivity index is 2.09. The van der Waals surface area contributed by atoms with Crippen LogP contribution in [0.3, 0.4) is 0 Å². The second-order valence-electron chi connectivity index (χ2n) is 5.78. The fourth-order valence-electron chi connectivity index (χ4n) is 3.59. The van der Waals surface area contributed by atoms with E-state index in [1.165, 1.54) is 19.3 Å². The van der Waals surface area contributed by atoms with Crippen molar-refractivity contribution in [1.29, 1.82) is 0 Å². The van der Waals surface area contributed by atoms with Gasteiger partial charge in [-0.1, -0.05) is 13.3 Å². The number of nitrogens with two attached hydrogens (primary N) is 2. The number of amides is 1. The summed E-state index contributed by atoms with van der Waals surface area (Å²) in [5, 5.41) is 0. The first-order chi connectivity index (χ1) is 8.13. The summed E-state index contributed by atoms with van der Waals surface area (Å²) in [6.07, 6.45) is 5.66. The maximum Gasteiger partial charge on any atom is 0.234 e. The zero-order chi connectivity index (χ0) is 12.4. The van der Waals surface area contributed by atoms with Gasteiger partial charge in [0, 0.05) is 6.04 Å². The Kier molecular flexibility index (Phi) is 4.05. The van der Waals surface area contributed by atoms with Gasteiger partial charge in [0.2, 0.25) is 5.91 Å². The first-order valence-corrected chi connectivity index (χ1v) is 6.88. The Morgan fingerprint density at radius 3 is 2.76 bits per heavy atom. The monoisotopic (exact) mass is 239 g/mol. The minimum absolute atomic E-state index is 0.0423. The molecule has 4 nitrogen and oxygen atoms in total. The van der Waals surface area contributed by atoms with Crippen molar-refractivity contribution < 1.29 is 4.79 Å². The molecular formula is C13H25N3O. The van der Waals surface area contributed by atoms with E-state index in [-0.39, 0.29) is 11.9 Å². The molecule has 1 aliphatic carbocycles. The molecule has 2 fully saturated rings. The van der Waals surface area contributed by atoms with Gasteiger partial charge in [-0.05, 0) is 50.6 Å². The molecule has 4 atom stereocenters. The van der Waals surface area contributed by atoms with Crippen LogP contribution in [0.5, 0.6) is 0 Å². The lowest BCUT2D eigenvalue weighted by atomic mass is 9.78. The number of nitrogens with zero attached hydrogens (tertiary/aromatic N) is 1. The number of primary amides is 1. The van der Waals surface area contributed by atoms with E-state index in [1.54, 1.807) is 0 Å². The Morgan fingerprint density at radius 1 is 1.35 bits per heavy atom. The summed E-state index contributed by atoms with van der Waals surface area (Å²) in [5.41, 5.74) is 11.4. The van der Waals surface area contributed by atoms with E-state index in [1.807, 2.05) is 0 Å². The van der Waals surface area contributed by atoms with Gasteiger partial charge in [-0.2, -0.15) is 0 Å². The van der Waals surface area contributed by atoms with Gasteiger partial charge in [0.15, 0.2) is 0 Å². The predicted molar refractivity (Wildman–Crippen MR) is 68.3 cm³/mol. The third-order valence-electron chi connectivity index (χ3n) is 4.57. The summed E-state index contributed by atoms with van der Waals surface area (Å²) in [4.78, 5) is 13.8. The van der Waals surface area contributed by atoms with Gasteiger partial charge in [0.05, 0.1) is 6.04 Å². The molecule has 4 heteroatoms. The molecule has 4 N–H and O–H groups in total. The molecule has 17 heavy (non-hydrogen) atoms. The molecule has 2 aliphatic rings. The molecule has 0 aromatic rings. The van der Waals surface area contributed by atoms with Crippen molar-refractivity contribution in [1.82, 2.24) is 4.90 Å². The lowest BCUT2D eigenvalue weighted by molar-refractivity contribution is -0.123. The van der Waals surface area contributed by atoms with Gasteiger partial charge >= 0.3 is 0 Å². The fraction of sp³-hybridized carbons (Fsp3) is 0.923. The topological polar surface area (TPSA) is 72.3 Å². The standard InChI is InChI=1S/C13H25N3O/c1-9-4-5-10(8-14)12(7-9)16-6-2-3-11(16)13(15)17/h9-12H,2-8,14H2,1H3,(H2,15,17). The highest BCUT2D eigenvalue weighted by Gasteiger charge is 2.39. The quantitative estimate of drug-likeness (QED) is 0.761. The fourth-order valence-corrected chi connectivity index (χ4v) is 3.59. The Hall–Kier alpha value is -0.610. The maximum absolute atomic E-state index is 11.5. The van der Waals surface area contributed by atoms with Gasteiger partial charge in [-0.3, -0.25) is 9.69 Å². The van der Waals surface area contributed by atoms with Gasteiger partial charge in [0.1, 0.15) is 0 Å². The van der Waals surface area contributed by atoms with Crippen LogP contribution in [0.2, 0.25) is 0 Å². The Morgan fingerprint density at radius 2 is 2.12 bits per heavy atom. The van der Waals surface area contributed by atoms with Crippen LogP contribution in [0.25, 0.3) is 0 Å². The van der Waals surface area contributed by atoms with E-state index in [2.05, 4.69) is 11.8 Å². The van der Waals surface area contributed by atoms with Crippen molar-refractivity contribution >= 4 is 5.91 Å². The van der Waals surface area contributed by atoms with E-state index < -0.39 is 0 Å². The number of rotatable bonds is 3. The zero-order valence-corrected chi connectivity index (χ0v) is 10.8. The lowest BCUT2D eigenvalue weighted by Crippen LogP contribution is -2.52. The van der Waals surface area contributed by atoms with Gasteiger partial charge < -0.3 is 11.5 Å². The minimum Gasteiger partial charge on any atom is -0.368 e. The van der Waals surface area contributed by atoms with Crippen molar-refractivity contribution in [2.24, 2.45) is 23.3 Å². The van der Waals surface area contributed by atoms with E-state index >= 15 is 0 Å². The third kappa shape index (κ3) is 2.63. The largest absolute Gasteiger partial charge is 0.368 e. The van der Waals surface area contributed by atoms with Crippen LogP contribution in [0.4, 0.5) is 0 Å². The predicted octanol–water partition coefficient (Wildman–Crippen LogP) is 0.700. The normalized spacial score (nSPS) is 39.4. The summed E-state index contributed by atoms with van der Waals surface area (Å²) >= 11 is 0. The average molecular weight is 239 g/mol. The molecule has 0 spiro atoms. The first kappa shape index (κ1) is 12.8. The van der Waals surface area contributed by atoms with E-state index in [9.17, 15) is 4.79 Å². The van der Waals surface area contributed by atoms with Crippen LogP contribution >= 0.6 is 0 Å². The summed E-state index contributed by atoms with van der Waals surface area (Å²) in [6.45, 7) is 4.05. The molecule has 1 heterocycles. The number of hydrogen-bond acceptors (Lipinski definition) is 3. The molecule has 0 bridgehead atoms. The average Bonchev–Trinajstić information content (AvgIpc) is 2.77. The van der Waals surface area contributed by atoms with Gasteiger partial charge in [-0.15, -0.1) is 0 Å². The van der Waals surface area contributed by atoms with E-state index in [0.717, 1.165) is 31.8 Å². The number of hydrogen-bond donors (Lipinski definition) is 2. The lowest BCUT2D eigenvalue weighted by Gasteiger charge is -2.42. The number of carbonyl (C=O) groups is 1. The molecule has 1 aliphatic heterocycles. The molecule has 1 saturated carbocycles. The highest BCUT2D eigenvalue weighted by Crippen LogP contribution is 2.35. The van der Waals surface area contributed by atoms with Gasteiger partial charge in [-0.25, -0.2) is 0 Å². The smallest absolute Gasteiger partial charge is 0.234 e. The van der Waals surface area contributed by atoms with Crippen molar-refractivity contribution in [3.05, 3.63) is 0 Å². The molecular weight excluding hydrogens is 214 g/mol. The zero-order valence-electron chi connectivity index (χ0n) is 10.8. The second-order valence-corrected chi connectivity index (χ2v) is 5.78. The molecule has 0 radical (unpaired) electrons. The van der Waals surface area contributed by atoms with Crippen LogP contribution in [-0.4, -0.2) is 36.0 Å². The third-order valence-corrected chi connectivity index (χ3v) is 4.57. The molecule has 0 aromatic heterocycles. The first-order valence-electron chi connectivity index (χ1n) is 6.88. The second kappa shape index (κ2) is 5.36. The molecule has 1 amide bonds. The Labute approximate surface area is 104 Å². The highest BCUT2D eigenvalue weighted by molar-refractivity contribution is 5.80. The van der Waals surface area contributed by atoms with Crippen LogP contribution in [0.15, 0.2) is 0 Å². The van der Waals surface area contributed by atoms with Crippen molar-refractivity contribution in [3.63, 3.8) is 0 Å². The number of likely N-dealkylation sites (tertiary alicyclic amines) is 1. The maximum atomic E-state index is 11.5. The van der Waals surface area contributed by atoms with Crippen molar-refractivity contribution in [2.75, 3.05) is 13.1 Å². The highest BCUT2D eigenvalue weighted by atomic mass is 16.1. The van der Waals surface area contributed by atoms with Crippen molar-refractivity contribution in [2.45, 2.75) is 51.1 Å². The summed E-state index contributed by atoms with van der Waals surface area (Å²) in [5.74, 6) is 1.14. The van der Waals surface area contributed by atoms with Crippen LogP contribution in [0, 0.1) is 11.8 Å². The SMILES string of the molecule is CC1CCC(CN)C(N2CCCC2C(N)=O)C1. The molecule has 98 valence electrons. The van der Waals surface area contributed by atoms with Crippen LogP contribution in [-0.2, 0) is 4.79 Å². The summed E-state index contributed by atoms with van der Waals surface area (Å²) < 4.78 is 0. The summed E-state index contributed by atoms with van der Waals surface area (Å²) in [6, 6.07) is 0.433. The molecule has 4 unspecified atom stereocenters. The van der Waals surface area contributed by atoms with E-state index in [0.29, 0.717) is 12.0 Å². The molecule has 1 saturated heterocycles. The summed E-state index contributed by atoms with van der Waals surface area (Å²) in [7, 11) is 0. The van der Waals surface area contributed by atoms with Crippen LogP contribution in [0.1, 0.15) is 39.0 Å². The molecule has 2 rings (SSSR count). The van der Waals surface area contributed by atoms with E-state index in [4.69, 9.17) is 11.5 Å². The molecule has 0 aromatic carbocycles. The van der Waals surface area contributed by atoms with Crippen LogP contribution < -0.4 is 11.5 Å². The minimum atomic E-state index is -0.156. The van der Waals surface area contributed by atoms with Gasteiger partial charge in [0.25, 0.3) is 0 Å². The number of carbonyl (C=O) groups excluding carboxylic acids is 1. The Bertz CT molecular complexity index is 282. The van der Waals surface area contributed by atoms with Crippen molar-refractivity contribution in [3.8, 4) is 0 Å².